The van der Waals surface area contributed by atoms with Crippen molar-refractivity contribution in [1.29, 1.82) is 0 Å². The topological polar surface area (TPSA) is 70.2 Å². The van der Waals surface area contributed by atoms with Crippen molar-refractivity contribution in [2.45, 2.75) is 16.2 Å². The number of imide groups is 1. The van der Waals surface area contributed by atoms with Crippen molar-refractivity contribution < 1.29 is 9.59 Å². The highest BCUT2D eigenvalue weighted by Gasteiger charge is 2.56. The van der Waals surface area contributed by atoms with Crippen LogP contribution in [0.25, 0.3) is 0 Å². The number of hydrogen-bond donors (Lipinski definition) is 1. The molecule has 3 aromatic rings. The van der Waals surface area contributed by atoms with Crippen molar-refractivity contribution >= 4 is 75.4 Å². The lowest BCUT2D eigenvalue weighted by molar-refractivity contribution is -0.122. The van der Waals surface area contributed by atoms with E-state index in [9.17, 15) is 14.4 Å². The van der Waals surface area contributed by atoms with Crippen LogP contribution in [0.15, 0.2) is 52.3 Å². The van der Waals surface area contributed by atoms with E-state index in [0.29, 0.717) is 36.2 Å². The first-order chi connectivity index (χ1) is 14.4. The number of amides is 2. The summed E-state index contributed by atoms with van der Waals surface area (Å²) in [5, 5.41) is 1.07. The van der Waals surface area contributed by atoms with Crippen LogP contribution >= 0.6 is 57.9 Å². The molecule has 5 nitrogen and oxygen atoms in total. The number of H-pyrrole nitrogens is 1. The number of rotatable bonds is 2. The maximum absolute atomic E-state index is 13.5. The van der Waals surface area contributed by atoms with Gasteiger partial charge in [-0.05, 0) is 35.9 Å². The Hall–Kier alpha value is -1.77. The summed E-state index contributed by atoms with van der Waals surface area (Å²) in [5.41, 5.74) is 1.08. The van der Waals surface area contributed by atoms with E-state index in [1.807, 2.05) is 0 Å². The molecule has 2 aliphatic rings. The summed E-state index contributed by atoms with van der Waals surface area (Å²) in [5.74, 6) is -1.95. The van der Waals surface area contributed by atoms with Gasteiger partial charge >= 0.3 is 4.87 Å². The number of benzene rings is 2. The van der Waals surface area contributed by atoms with Crippen LogP contribution < -0.4 is 9.77 Å². The van der Waals surface area contributed by atoms with Crippen molar-refractivity contribution in [3.8, 4) is 0 Å². The third-order valence-corrected chi connectivity index (χ3v) is 8.71. The van der Waals surface area contributed by atoms with Crippen LogP contribution in [-0.2, 0) is 9.59 Å². The van der Waals surface area contributed by atoms with E-state index in [2.05, 4.69) is 4.98 Å². The lowest BCUT2D eigenvalue weighted by Gasteiger charge is -2.30. The monoisotopic (exact) mass is 496 g/mol. The number of anilines is 1. The molecule has 30 heavy (non-hydrogen) atoms. The Bertz CT molecular complexity index is 1250. The standard InChI is InChI=1S/C20H11Cl3N2O3S2/c21-8-4-6-9(7-5-8)25-18(26)13-12(10-2-1-3-11(22)14(10)23)15-17(24-20(28)30-15)29-16(13)19(25)27/h1-7,12-13,16H,(H,24,28). The van der Waals surface area contributed by atoms with Crippen LogP contribution in [-0.4, -0.2) is 22.0 Å². The normalized spacial score (nSPS) is 22.9. The molecular weight excluding hydrogens is 487 g/mol. The van der Waals surface area contributed by atoms with Gasteiger partial charge in [-0.1, -0.05) is 70.0 Å². The molecule has 5 rings (SSSR count). The van der Waals surface area contributed by atoms with Gasteiger partial charge in [0.15, 0.2) is 0 Å². The van der Waals surface area contributed by atoms with E-state index < -0.39 is 17.1 Å². The fraction of sp³-hybridized carbons (Fsp3) is 0.150. The highest BCUT2D eigenvalue weighted by atomic mass is 35.5. The molecule has 0 bridgehead atoms. The molecule has 1 aromatic heterocycles. The molecule has 0 spiro atoms. The van der Waals surface area contributed by atoms with Gasteiger partial charge in [-0.15, -0.1) is 0 Å². The molecular formula is C20H11Cl3N2O3S2. The number of thiazole rings is 1. The molecule has 3 unspecified atom stereocenters. The van der Waals surface area contributed by atoms with E-state index >= 15 is 0 Å². The number of hydrogen-bond acceptors (Lipinski definition) is 5. The van der Waals surface area contributed by atoms with Crippen molar-refractivity contribution in [3.63, 3.8) is 0 Å². The first-order valence-corrected chi connectivity index (χ1v) is 11.7. The fourth-order valence-corrected chi connectivity index (χ4v) is 7.01. The van der Waals surface area contributed by atoms with E-state index in [0.717, 1.165) is 11.3 Å². The van der Waals surface area contributed by atoms with Crippen LogP contribution in [0.1, 0.15) is 16.4 Å². The third kappa shape index (κ3) is 3.03. The first-order valence-electron chi connectivity index (χ1n) is 8.83. The SMILES string of the molecule is O=C1C2Sc3[nH]c(=O)sc3C(c3cccc(Cl)c3Cl)C2C(=O)N1c1ccc(Cl)cc1. The summed E-state index contributed by atoms with van der Waals surface area (Å²) >= 11 is 20.9. The molecule has 3 atom stereocenters. The summed E-state index contributed by atoms with van der Waals surface area (Å²) < 4.78 is 0. The summed E-state index contributed by atoms with van der Waals surface area (Å²) in [6, 6.07) is 11.7. The van der Waals surface area contributed by atoms with Gasteiger partial charge in [0.25, 0.3) is 0 Å². The van der Waals surface area contributed by atoms with Crippen LogP contribution in [0, 0.1) is 5.92 Å². The largest absolute Gasteiger partial charge is 0.307 e. The molecule has 1 saturated heterocycles. The number of fused-ring (bicyclic) bond motifs is 2. The fourth-order valence-electron chi connectivity index (χ4n) is 3.96. The zero-order chi connectivity index (χ0) is 21.2. The number of aromatic amines is 1. The van der Waals surface area contributed by atoms with E-state index in [-0.39, 0.29) is 16.7 Å². The van der Waals surface area contributed by atoms with E-state index in [4.69, 9.17) is 34.8 Å². The number of nitrogens with one attached hydrogen (secondary N) is 1. The molecule has 0 saturated carbocycles. The third-order valence-electron chi connectivity index (χ3n) is 5.23. The molecule has 1 fully saturated rings. The average Bonchev–Trinajstić information content (AvgIpc) is 3.20. The molecule has 3 heterocycles. The number of halogens is 3. The van der Waals surface area contributed by atoms with Crippen LogP contribution in [0.3, 0.4) is 0 Å². The molecule has 2 amide bonds. The minimum absolute atomic E-state index is 0.245. The second-order valence-corrected chi connectivity index (χ2v) is 10.3. The summed E-state index contributed by atoms with van der Waals surface area (Å²) in [6.45, 7) is 0. The Morgan fingerprint density at radius 3 is 2.40 bits per heavy atom. The summed E-state index contributed by atoms with van der Waals surface area (Å²) in [7, 11) is 0. The lowest BCUT2D eigenvalue weighted by atomic mass is 9.83. The van der Waals surface area contributed by atoms with Gasteiger partial charge in [0.05, 0.1) is 26.7 Å². The molecule has 2 aliphatic heterocycles. The van der Waals surface area contributed by atoms with Gasteiger partial charge in [-0.25, -0.2) is 4.90 Å². The number of carbonyl (C=O) groups excluding carboxylic acids is 2. The number of nitrogens with zero attached hydrogens (tertiary/aromatic N) is 1. The Labute approximate surface area is 193 Å². The van der Waals surface area contributed by atoms with Gasteiger partial charge in [0, 0.05) is 15.8 Å². The predicted octanol–water partition coefficient (Wildman–Crippen LogP) is 5.19. The molecule has 0 radical (unpaired) electrons. The average molecular weight is 498 g/mol. The highest BCUT2D eigenvalue weighted by Crippen LogP contribution is 2.54. The molecule has 2 aromatic carbocycles. The minimum atomic E-state index is -0.715. The van der Waals surface area contributed by atoms with E-state index in [1.165, 1.54) is 16.7 Å². The Morgan fingerprint density at radius 1 is 0.933 bits per heavy atom. The number of thioether (sulfide) groups is 1. The van der Waals surface area contributed by atoms with E-state index in [1.54, 1.807) is 42.5 Å². The summed E-state index contributed by atoms with van der Waals surface area (Å²) in [4.78, 5) is 43.3. The van der Waals surface area contributed by atoms with Gasteiger partial charge < -0.3 is 4.98 Å². The highest BCUT2D eigenvalue weighted by molar-refractivity contribution is 8.00. The Balaban J connectivity index is 1.68. The Morgan fingerprint density at radius 2 is 1.67 bits per heavy atom. The van der Waals surface area contributed by atoms with Gasteiger partial charge in [-0.3, -0.25) is 14.4 Å². The Kier molecular flexibility index (Phi) is 4.99. The van der Waals surface area contributed by atoms with Crippen LogP contribution in [0.4, 0.5) is 5.69 Å². The number of carbonyl (C=O) groups is 2. The number of aromatic nitrogens is 1. The smallest absolute Gasteiger partial charge is 0.305 e. The second-order valence-electron chi connectivity index (χ2n) is 6.88. The minimum Gasteiger partial charge on any atom is -0.307 e. The maximum Gasteiger partial charge on any atom is 0.305 e. The van der Waals surface area contributed by atoms with Crippen molar-refractivity contribution in [2.75, 3.05) is 4.90 Å². The maximum atomic E-state index is 13.5. The van der Waals surface area contributed by atoms with Gasteiger partial charge in [0.1, 0.15) is 5.25 Å². The van der Waals surface area contributed by atoms with Crippen molar-refractivity contribution in [3.05, 3.63) is 77.6 Å². The lowest BCUT2D eigenvalue weighted by Crippen LogP contribution is -2.32. The van der Waals surface area contributed by atoms with Crippen molar-refractivity contribution in [1.82, 2.24) is 4.98 Å². The van der Waals surface area contributed by atoms with Gasteiger partial charge in [-0.2, -0.15) is 0 Å². The van der Waals surface area contributed by atoms with Crippen molar-refractivity contribution in [2.24, 2.45) is 5.92 Å². The first kappa shape index (κ1) is 20.2. The van der Waals surface area contributed by atoms with Crippen LogP contribution in [0.5, 0.6) is 0 Å². The molecule has 10 heteroatoms. The molecule has 0 aliphatic carbocycles. The molecule has 152 valence electrons. The molecule has 1 N–H and O–H groups in total. The summed E-state index contributed by atoms with van der Waals surface area (Å²) in [6.07, 6.45) is 0. The zero-order valence-corrected chi connectivity index (χ0v) is 18.8. The zero-order valence-electron chi connectivity index (χ0n) is 14.9. The quantitative estimate of drug-likeness (QED) is 0.495. The van der Waals surface area contributed by atoms with Crippen LogP contribution in [0.2, 0.25) is 15.1 Å². The van der Waals surface area contributed by atoms with Gasteiger partial charge in [0.2, 0.25) is 11.8 Å². The predicted molar refractivity (Wildman–Crippen MR) is 120 cm³/mol. The second kappa shape index (κ2) is 7.43.